The van der Waals surface area contributed by atoms with Crippen LogP contribution in [0.5, 0.6) is 0 Å². The molecule has 1 amide bonds. The predicted molar refractivity (Wildman–Crippen MR) is 76.0 cm³/mol. The van der Waals surface area contributed by atoms with Crippen LogP contribution < -0.4 is 5.73 Å². The molecule has 2 N–H and O–H groups in total. The lowest BCUT2D eigenvalue weighted by Gasteiger charge is -2.27. The number of amides is 1. The number of nitrogens with zero attached hydrogens (tertiary/aromatic N) is 3. The van der Waals surface area contributed by atoms with Crippen molar-refractivity contribution in [1.82, 2.24) is 9.80 Å². The van der Waals surface area contributed by atoms with Crippen LogP contribution in [-0.2, 0) is 4.79 Å². The Morgan fingerprint density at radius 2 is 1.88 bits per heavy atom. The Bertz CT molecular complexity index is 249. The largest absolute Gasteiger partial charge is 0.370 e. The van der Waals surface area contributed by atoms with E-state index in [-0.39, 0.29) is 36.4 Å². The topological polar surface area (TPSA) is 61.9 Å². The van der Waals surface area contributed by atoms with Gasteiger partial charge >= 0.3 is 0 Å². The van der Waals surface area contributed by atoms with Gasteiger partial charge in [-0.1, -0.05) is 0 Å². The van der Waals surface area contributed by atoms with E-state index >= 15 is 0 Å². The maximum atomic E-state index is 11.3. The number of halogens is 1. The molecule has 16 heavy (non-hydrogen) atoms. The van der Waals surface area contributed by atoms with Crippen molar-refractivity contribution in [3.63, 3.8) is 0 Å². The monoisotopic (exact) mass is 340 g/mol. The molecular weight excluding hydrogens is 319 g/mol. The number of carbonyl (C=O) groups excluding carboxylic acids is 1. The molecule has 0 aromatic carbocycles. The van der Waals surface area contributed by atoms with Crippen molar-refractivity contribution < 1.29 is 4.79 Å². The van der Waals surface area contributed by atoms with Crippen molar-refractivity contribution in [1.29, 1.82) is 0 Å². The Kier molecular flexibility index (Phi) is 7.44. The summed E-state index contributed by atoms with van der Waals surface area (Å²) in [6.45, 7) is 2.08. The van der Waals surface area contributed by atoms with Crippen molar-refractivity contribution in [3.8, 4) is 0 Å². The molecule has 0 unspecified atom stereocenters. The number of hydrogen-bond donors (Lipinski definition) is 1. The molecule has 1 rings (SSSR count). The third kappa shape index (κ3) is 5.00. The first-order chi connectivity index (χ1) is 7.11. The van der Waals surface area contributed by atoms with E-state index in [0.717, 1.165) is 25.9 Å². The van der Waals surface area contributed by atoms with Crippen LogP contribution in [0.4, 0.5) is 0 Å². The minimum absolute atomic E-state index is 0. The third-order valence-corrected chi connectivity index (χ3v) is 2.56. The van der Waals surface area contributed by atoms with Crippen LogP contribution in [-0.4, -0.2) is 55.4 Å². The van der Waals surface area contributed by atoms with Crippen LogP contribution in [0.1, 0.15) is 19.3 Å². The highest BCUT2D eigenvalue weighted by Crippen LogP contribution is 2.07. The SMILES string of the molecule is CN(C)C(=O)CN=C(N)N1CCCCC1.I. The lowest BCUT2D eigenvalue weighted by atomic mass is 10.1. The van der Waals surface area contributed by atoms with E-state index in [1.165, 1.54) is 11.3 Å². The van der Waals surface area contributed by atoms with Gasteiger partial charge in [0.15, 0.2) is 5.96 Å². The average molecular weight is 340 g/mol. The summed E-state index contributed by atoms with van der Waals surface area (Å²) in [7, 11) is 3.43. The molecule has 1 aliphatic heterocycles. The number of aliphatic imine (C=N–C) groups is 1. The molecule has 0 spiro atoms. The van der Waals surface area contributed by atoms with Crippen LogP contribution in [0.15, 0.2) is 4.99 Å². The first-order valence-electron chi connectivity index (χ1n) is 5.36. The van der Waals surface area contributed by atoms with Crippen molar-refractivity contribution >= 4 is 35.8 Å². The number of likely N-dealkylation sites (N-methyl/N-ethyl adjacent to an activating group) is 1. The van der Waals surface area contributed by atoms with Crippen molar-refractivity contribution in [2.45, 2.75) is 19.3 Å². The van der Waals surface area contributed by atoms with Gasteiger partial charge in [-0.25, -0.2) is 4.99 Å². The normalized spacial score (nSPS) is 16.6. The van der Waals surface area contributed by atoms with Crippen LogP contribution in [0, 0.1) is 0 Å². The Labute approximate surface area is 114 Å². The lowest BCUT2D eigenvalue weighted by Crippen LogP contribution is -2.41. The summed E-state index contributed by atoms with van der Waals surface area (Å²) in [5, 5.41) is 0. The minimum Gasteiger partial charge on any atom is -0.370 e. The van der Waals surface area contributed by atoms with Gasteiger partial charge in [-0.2, -0.15) is 0 Å². The van der Waals surface area contributed by atoms with Gasteiger partial charge in [0.1, 0.15) is 6.54 Å². The number of carbonyl (C=O) groups is 1. The zero-order chi connectivity index (χ0) is 11.3. The molecule has 1 saturated heterocycles. The zero-order valence-electron chi connectivity index (χ0n) is 9.98. The molecule has 0 aromatic heterocycles. The first kappa shape index (κ1) is 15.5. The van der Waals surface area contributed by atoms with E-state index in [9.17, 15) is 4.79 Å². The molecule has 6 heteroatoms. The molecule has 0 atom stereocenters. The van der Waals surface area contributed by atoms with Crippen molar-refractivity contribution in [3.05, 3.63) is 0 Å². The van der Waals surface area contributed by atoms with E-state index < -0.39 is 0 Å². The second-order valence-electron chi connectivity index (χ2n) is 4.01. The van der Waals surface area contributed by atoms with E-state index in [2.05, 4.69) is 4.99 Å². The molecule has 0 radical (unpaired) electrons. The van der Waals surface area contributed by atoms with Gasteiger partial charge in [0.25, 0.3) is 0 Å². The first-order valence-corrected chi connectivity index (χ1v) is 5.36. The average Bonchev–Trinajstić information content (AvgIpc) is 2.26. The molecule has 1 aliphatic rings. The summed E-state index contributed by atoms with van der Waals surface area (Å²) >= 11 is 0. The zero-order valence-corrected chi connectivity index (χ0v) is 12.3. The maximum absolute atomic E-state index is 11.3. The number of guanidine groups is 1. The van der Waals surface area contributed by atoms with Crippen LogP contribution >= 0.6 is 24.0 Å². The second kappa shape index (κ2) is 7.70. The summed E-state index contributed by atoms with van der Waals surface area (Å²) in [5.74, 6) is 0.486. The molecule has 0 aromatic rings. The summed E-state index contributed by atoms with van der Waals surface area (Å²) in [6.07, 6.45) is 3.59. The fourth-order valence-electron chi connectivity index (χ4n) is 1.51. The Morgan fingerprint density at radius 1 is 1.31 bits per heavy atom. The third-order valence-electron chi connectivity index (χ3n) is 2.56. The lowest BCUT2D eigenvalue weighted by molar-refractivity contribution is -0.127. The highest BCUT2D eigenvalue weighted by molar-refractivity contribution is 14.0. The molecule has 1 fully saturated rings. The predicted octanol–water partition coefficient (Wildman–Crippen LogP) is 0.493. The smallest absolute Gasteiger partial charge is 0.243 e. The van der Waals surface area contributed by atoms with E-state index in [0.29, 0.717) is 5.96 Å². The quantitative estimate of drug-likeness (QED) is 0.452. The van der Waals surface area contributed by atoms with Gasteiger partial charge in [0.2, 0.25) is 5.91 Å². The summed E-state index contributed by atoms with van der Waals surface area (Å²) in [5.41, 5.74) is 5.80. The Morgan fingerprint density at radius 3 is 2.38 bits per heavy atom. The minimum atomic E-state index is -0.0186. The van der Waals surface area contributed by atoms with E-state index in [4.69, 9.17) is 5.73 Å². The molecule has 0 aliphatic carbocycles. The summed E-state index contributed by atoms with van der Waals surface area (Å²) in [6, 6.07) is 0. The number of likely N-dealkylation sites (tertiary alicyclic amines) is 1. The molecule has 94 valence electrons. The highest BCUT2D eigenvalue weighted by atomic mass is 127. The van der Waals surface area contributed by atoms with Gasteiger partial charge in [-0.15, -0.1) is 24.0 Å². The summed E-state index contributed by atoms with van der Waals surface area (Å²) in [4.78, 5) is 18.9. The number of piperidine rings is 1. The fraction of sp³-hybridized carbons (Fsp3) is 0.800. The molecule has 1 heterocycles. The molecule has 0 bridgehead atoms. The standard InChI is InChI=1S/C10H20N4O.HI/c1-13(2)9(15)8-12-10(11)14-6-4-3-5-7-14;/h3-8H2,1-2H3,(H2,11,12);1H. The Hall–Kier alpha value is -0.530. The van der Waals surface area contributed by atoms with Gasteiger partial charge < -0.3 is 15.5 Å². The van der Waals surface area contributed by atoms with Crippen molar-refractivity contribution in [2.75, 3.05) is 33.7 Å². The van der Waals surface area contributed by atoms with Crippen LogP contribution in [0.2, 0.25) is 0 Å². The van der Waals surface area contributed by atoms with Crippen LogP contribution in [0.25, 0.3) is 0 Å². The van der Waals surface area contributed by atoms with Gasteiger partial charge in [-0.05, 0) is 19.3 Å². The van der Waals surface area contributed by atoms with Crippen molar-refractivity contribution in [2.24, 2.45) is 10.7 Å². The van der Waals surface area contributed by atoms with Gasteiger partial charge in [0.05, 0.1) is 0 Å². The molecular formula is C10H21IN4O. The van der Waals surface area contributed by atoms with Crippen LogP contribution in [0.3, 0.4) is 0 Å². The summed E-state index contributed by atoms with van der Waals surface area (Å²) < 4.78 is 0. The fourth-order valence-corrected chi connectivity index (χ4v) is 1.51. The second-order valence-corrected chi connectivity index (χ2v) is 4.01. The Balaban J connectivity index is 0.00000225. The van der Waals surface area contributed by atoms with Gasteiger partial charge in [-0.3, -0.25) is 4.79 Å². The number of nitrogens with two attached hydrogens (primary N) is 1. The van der Waals surface area contributed by atoms with Gasteiger partial charge in [0, 0.05) is 27.2 Å². The highest BCUT2D eigenvalue weighted by Gasteiger charge is 2.12. The number of rotatable bonds is 2. The molecule has 0 saturated carbocycles. The number of hydrogen-bond acceptors (Lipinski definition) is 2. The maximum Gasteiger partial charge on any atom is 0.243 e. The molecule has 5 nitrogen and oxygen atoms in total. The van der Waals surface area contributed by atoms with E-state index in [1.807, 2.05) is 4.90 Å². The van der Waals surface area contributed by atoms with E-state index in [1.54, 1.807) is 14.1 Å².